The van der Waals surface area contributed by atoms with E-state index < -0.39 is 0 Å². The minimum absolute atomic E-state index is 0.897. The van der Waals surface area contributed by atoms with Crippen LogP contribution in [0.25, 0.3) is 0 Å². The SMILES string of the molecule is CC1=CCC(C)=C(Oc2ccccc2)C(C)=C1. The van der Waals surface area contributed by atoms with Crippen molar-refractivity contribution in [2.45, 2.75) is 27.2 Å². The van der Waals surface area contributed by atoms with E-state index in [4.69, 9.17) is 4.74 Å². The van der Waals surface area contributed by atoms with Crippen LogP contribution in [0.4, 0.5) is 0 Å². The predicted molar refractivity (Wildman–Crippen MR) is 71.9 cm³/mol. The molecule has 0 radical (unpaired) electrons. The number of hydrogen-bond donors (Lipinski definition) is 0. The molecule has 0 aromatic heterocycles. The normalized spacial score (nSPS) is 16.2. The molecule has 1 aliphatic carbocycles. The highest BCUT2D eigenvalue weighted by atomic mass is 16.5. The summed E-state index contributed by atoms with van der Waals surface area (Å²) in [4.78, 5) is 0. The van der Waals surface area contributed by atoms with Gasteiger partial charge in [0.05, 0.1) is 0 Å². The maximum atomic E-state index is 5.99. The molecular weight excluding hydrogens is 208 g/mol. The Hall–Kier alpha value is -1.76. The fraction of sp³-hybridized carbons (Fsp3) is 0.250. The molecule has 0 saturated carbocycles. The molecule has 1 nitrogen and oxygen atoms in total. The van der Waals surface area contributed by atoms with Crippen LogP contribution in [0.2, 0.25) is 0 Å². The van der Waals surface area contributed by atoms with Gasteiger partial charge in [-0.2, -0.15) is 0 Å². The van der Waals surface area contributed by atoms with Crippen molar-refractivity contribution in [1.29, 1.82) is 0 Å². The molecule has 1 aromatic carbocycles. The first-order chi connectivity index (χ1) is 8.16. The van der Waals surface area contributed by atoms with Crippen LogP contribution in [-0.2, 0) is 0 Å². The van der Waals surface area contributed by atoms with E-state index >= 15 is 0 Å². The van der Waals surface area contributed by atoms with Crippen LogP contribution in [0.15, 0.2) is 65.0 Å². The van der Waals surface area contributed by atoms with Crippen LogP contribution in [0.3, 0.4) is 0 Å². The summed E-state index contributed by atoms with van der Waals surface area (Å²) in [5.41, 5.74) is 3.77. The Kier molecular flexibility index (Phi) is 3.48. The second-order valence-corrected chi connectivity index (χ2v) is 4.50. The molecule has 0 amide bonds. The monoisotopic (exact) mass is 226 g/mol. The van der Waals surface area contributed by atoms with Gasteiger partial charge in [0.2, 0.25) is 0 Å². The van der Waals surface area contributed by atoms with E-state index in [-0.39, 0.29) is 0 Å². The predicted octanol–water partition coefficient (Wildman–Crippen LogP) is 4.64. The molecule has 0 unspecified atom stereocenters. The lowest BCUT2D eigenvalue weighted by Gasteiger charge is -2.12. The topological polar surface area (TPSA) is 9.23 Å². The van der Waals surface area contributed by atoms with Crippen molar-refractivity contribution < 1.29 is 4.74 Å². The number of ether oxygens (including phenoxy) is 1. The van der Waals surface area contributed by atoms with Gasteiger partial charge < -0.3 is 4.74 Å². The molecular formula is C16H18O. The summed E-state index contributed by atoms with van der Waals surface area (Å²) < 4.78 is 5.99. The van der Waals surface area contributed by atoms with E-state index in [1.54, 1.807) is 0 Å². The lowest BCUT2D eigenvalue weighted by atomic mass is 10.1. The first kappa shape index (κ1) is 11.7. The van der Waals surface area contributed by atoms with E-state index in [2.05, 4.69) is 32.9 Å². The number of rotatable bonds is 2. The van der Waals surface area contributed by atoms with Gasteiger partial charge in [-0.15, -0.1) is 0 Å². The van der Waals surface area contributed by atoms with Crippen LogP contribution < -0.4 is 4.74 Å². The van der Waals surface area contributed by atoms with Gasteiger partial charge in [0.1, 0.15) is 11.5 Å². The molecule has 0 saturated heterocycles. The second-order valence-electron chi connectivity index (χ2n) is 4.50. The summed E-state index contributed by atoms with van der Waals surface area (Å²) in [5, 5.41) is 0. The van der Waals surface area contributed by atoms with Gasteiger partial charge >= 0.3 is 0 Å². The van der Waals surface area contributed by atoms with Crippen molar-refractivity contribution in [2.24, 2.45) is 0 Å². The van der Waals surface area contributed by atoms with Crippen LogP contribution >= 0.6 is 0 Å². The number of allylic oxidation sites excluding steroid dienone is 5. The molecule has 0 bridgehead atoms. The molecule has 0 spiro atoms. The van der Waals surface area contributed by atoms with Crippen LogP contribution in [0.1, 0.15) is 27.2 Å². The molecule has 88 valence electrons. The highest BCUT2D eigenvalue weighted by Crippen LogP contribution is 2.26. The summed E-state index contributed by atoms with van der Waals surface area (Å²) in [6, 6.07) is 9.95. The summed E-state index contributed by atoms with van der Waals surface area (Å²) >= 11 is 0. The van der Waals surface area contributed by atoms with Crippen molar-refractivity contribution in [3.8, 4) is 5.75 Å². The molecule has 0 atom stereocenters. The Bertz CT molecular complexity index is 490. The number of hydrogen-bond acceptors (Lipinski definition) is 1. The first-order valence-electron chi connectivity index (χ1n) is 5.95. The molecule has 1 aromatic rings. The third-order valence-corrected chi connectivity index (χ3v) is 2.88. The highest BCUT2D eigenvalue weighted by Gasteiger charge is 2.10. The molecule has 0 fully saturated rings. The largest absolute Gasteiger partial charge is 0.457 e. The maximum absolute atomic E-state index is 5.99. The van der Waals surface area contributed by atoms with E-state index in [1.807, 2.05) is 30.3 Å². The van der Waals surface area contributed by atoms with E-state index in [9.17, 15) is 0 Å². The second kappa shape index (κ2) is 5.05. The molecule has 1 aliphatic rings. The maximum Gasteiger partial charge on any atom is 0.129 e. The van der Waals surface area contributed by atoms with E-state index in [0.717, 1.165) is 17.9 Å². The third-order valence-electron chi connectivity index (χ3n) is 2.88. The average Bonchev–Trinajstić information content (AvgIpc) is 2.44. The summed E-state index contributed by atoms with van der Waals surface area (Å²) in [5.74, 6) is 1.90. The average molecular weight is 226 g/mol. The van der Waals surface area contributed by atoms with Gasteiger partial charge in [-0.25, -0.2) is 0 Å². The fourth-order valence-electron chi connectivity index (χ4n) is 1.98. The van der Waals surface area contributed by atoms with Crippen molar-refractivity contribution in [1.82, 2.24) is 0 Å². The van der Waals surface area contributed by atoms with Gasteiger partial charge in [-0.05, 0) is 50.5 Å². The summed E-state index contributed by atoms with van der Waals surface area (Å²) in [7, 11) is 0. The zero-order chi connectivity index (χ0) is 12.3. The zero-order valence-electron chi connectivity index (χ0n) is 10.7. The van der Waals surface area contributed by atoms with Gasteiger partial charge in [0.15, 0.2) is 0 Å². The van der Waals surface area contributed by atoms with Crippen molar-refractivity contribution in [3.63, 3.8) is 0 Å². The quantitative estimate of drug-likeness (QED) is 0.714. The number of para-hydroxylation sites is 1. The minimum Gasteiger partial charge on any atom is -0.457 e. The molecule has 1 heteroatoms. The summed E-state index contributed by atoms with van der Waals surface area (Å²) in [6.07, 6.45) is 5.37. The Morgan fingerprint density at radius 3 is 2.41 bits per heavy atom. The molecule has 0 heterocycles. The smallest absolute Gasteiger partial charge is 0.129 e. The Balaban J connectivity index is 2.29. The first-order valence-corrected chi connectivity index (χ1v) is 5.95. The van der Waals surface area contributed by atoms with E-state index in [0.29, 0.717) is 0 Å². The van der Waals surface area contributed by atoms with Gasteiger partial charge in [0, 0.05) is 0 Å². The van der Waals surface area contributed by atoms with Crippen molar-refractivity contribution >= 4 is 0 Å². The number of benzene rings is 1. The minimum atomic E-state index is 0.897. The van der Waals surface area contributed by atoms with Crippen LogP contribution in [0, 0.1) is 0 Å². The lowest BCUT2D eigenvalue weighted by molar-refractivity contribution is 0.429. The Morgan fingerprint density at radius 2 is 1.71 bits per heavy atom. The molecule has 17 heavy (non-hydrogen) atoms. The van der Waals surface area contributed by atoms with E-state index in [1.165, 1.54) is 16.7 Å². The standard InChI is InChI=1S/C16H18O/c1-12-9-10-13(2)16(14(3)11-12)17-15-7-5-4-6-8-15/h4-9,11H,10H2,1-3H3. The van der Waals surface area contributed by atoms with Crippen molar-refractivity contribution in [3.05, 3.63) is 65.0 Å². The van der Waals surface area contributed by atoms with Crippen molar-refractivity contribution in [2.75, 3.05) is 0 Å². The zero-order valence-corrected chi connectivity index (χ0v) is 10.7. The van der Waals surface area contributed by atoms with Gasteiger partial charge in [0.25, 0.3) is 0 Å². The van der Waals surface area contributed by atoms with Crippen LogP contribution in [-0.4, -0.2) is 0 Å². The third kappa shape index (κ3) is 2.88. The molecule has 0 N–H and O–H groups in total. The fourth-order valence-corrected chi connectivity index (χ4v) is 1.98. The van der Waals surface area contributed by atoms with Gasteiger partial charge in [-0.1, -0.05) is 35.9 Å². The van der Waals surface area contributed by atoms with Crippen LogP contribution in [0.5, 0.6) is 5.75 Å². The Labute approximate surface area is 103 Å². The highest BCUT2D eigenvalue weighted by molar-refractivity contribution is 5.41. The lowest BCUT2D eigenvalue weighted by Crippen LogP contribution is -1.99. The summed E-state index contributed by atoms with van der Waals surface area (Å²) in [6.45, 7) is 6.36. The molecule has 2 rings (SSSR count). The molecule has 0 aliphatic heterocycles. The Morgan fingerprint density at radius 1 is 1.00 bits per heavy atom. The van der Waals surface area contributed by atoms with Gasteiger partial charge in [-0.3, -0.25) is 0 Å².